The fourth-order valence-electron chi connectivity index (χ4n) is 1.73. The third-order valence-electron chi connectivity index (χ3n) is 2.61. The van der Waals surface area contributed by atoms with Crippen LogP contribution in [0, 0.1) is 0 Å². The quantitative estimate of drug-likeness (QED) is 0.776. The number of nitrogens with one attached hydrogen (secondary N) is 2. The molecule has 0 saturated carbocycles. The van der Waals surface area contributed by atoms with E-state index in [4.69, 9.17) is 0 Å². The number of H-pyrrole nitrogens is 1. The lowest BCUT2D eigenvalue weighted by atomic mass is 10.1. The first kappa shape index (κ1) is 9.98. The van der Waals surface area contributed by atoms with E-state index in [-0.39, 0.29) is 0 Å². The molecule has 0 spiro atoms. The van der Waals surface area contributed by atoms with Crippen LogP contribution in [-0.4, -0.2) is 38.8 Å². The predicted molar refractivity (Wildman–Crippen MR) is 58.4 cm³/mol. The predicted octanol–water partition coefficient (Wildman–Crippen LogP) is 0.831. The Morgan fingerprint density at radius 3 is 3.29 bits per heavy atom. The van der Waals surface area contributed by atoms with Crippen molar-refractivity contribution in [3.8, 4) is 0 Å². The van der Waals surface area contributed by atoms with E-state index in [9.17, 15) is 0 Å². The molecule has 2 N–H and O–H groups in total. The number of aromatic amines is 1. The lowest BCUT2D eigenvalue weighted by Crippen LogP contribution is -2.34. The average Bonchev–Trinajstić information content (AvgIpc) is 2.78. The van der Waals surface area contributed by atoms with E-state index in [2.05, 4.69) is 39.2 Å². The van der Waals surface area contributed by atoms with Gasteiger partial charge in [0, 0.05) is 24.3 Å². The Labute approximate surface area is 88.3 Å². The van der Waals surface area contributed by atoms with Gasteiger partial charge in [-0.05, 0) is 12.2 Å². The number of aromatic nitrogens is 3. The molecule has 4 nitrogen and oxygen atoms in total. The third kappa shape index (κ3) is 2.48. The van der Waals surface area contributed by atoms with Crippen molar-refractivity contribution < 1.29 is 0 Å². The van der Waals surface area contributed by atoms with Gasteiger partial charge in [-0.1, -0.05) is 6.92 Å². The van der Waals surface area contributed by atoms with Gasteiger partial charge in [0.15, 0.2) is 0 Å². The number of nitrogens with zero attached hydrogens (tertiary/aromatic N) is 2. The van der Waals surface area contributed by atoms with Crippen LogP contribution in [0.15, 0.2) is 6.33 Å². The second-order valence-electron chi connectivity index (χ2n) is 3.61. The summed E-state index contributed by atoms with van der Waals surface area (Å²) >= 11 is 2.05. The second-order valence-corrected chi connectivity index (χ2v) is 5.09. The normalized spacial score (nSPS) is 26.9. The fourth-order valence-corrected chi connectivity index (χ4v) is 2.95. The molecule has 5 heteroatoms. The van der Waals surface area contributed by atoms with Gasteiger partial charge in [0.05, 0.1) is 0 Å². The molecule has 1 aliphatic rings. The summed E-state index contributed by atoms with van der Waals surface area (Å²) in [7, 11) is 0. The zero-order valence-electron chi connectivity index (χ0n) is 8.36. The monoisotopic (exact) mass is 212 g/mol. The van der Waals surface area contributed by atoms with Crippen molar-refractivity contribution in [1.29, 1.82) is 0 Å². The van der Waals surface area contributed by atoms with Crippen molar-refractivity contribution in [1.82, 2.24) is 20.5 Å². The molecular weight excluding hydrogens is 196 g/mol. The van der Waals surface area contributed by atoms with Crippen molar-refractivity contribution >= 4 is 11.8 Å². The molecule has 1 aromatic rings. The Morgan fingerprint density at radius 1 is 1.71 bits per heavy atom. The molecule has 1 saturated heterocycles. The lowest BCUT2D eigenvalue weighted by molar-refractivity contribution is 0.513. The van der Waals surface area contributed by atoms with E-state index in [1.54, 1.807) is 6.33 Å². The third-order valence-corrected chi connectivity index (χ3v) is 3.94. The van der Waals surface area contributed by atoms with Crippen LogP contribution in [0.1, 0.15) is 19.2 Å². The SMILES string of the molecule is CC1SCCC1NCCc1ncn[nH]1. The summed E-state index contributed by atoms with van der Waals surface area (Å²) < 4.78 is 0. The van der Waals surface area contributed by atoms with Gasteiger partial charge in [-0.25, -0.2) is 4.98 Å². The highest BCUT2D eigenvalue weighted by Crippen LogP contribution is 2.25. The van der Waals surface area contributed by atoms with Gasteiger partial charge in [0.25, 0.3) is 0 Å². The topological polar surface area (TPSA) is 53.6 Å². The Bertz CT molecular complexity index is 262. The summed E-state index contributed by atoms with van der Waals surface area (Å²) in [6.07, 6.45) is 3.79. The van der Waals surface area contributed by atoms with Crippen molar-refractivity contribution in [2.45, 2.75) is 31.1 Å². The van der Waals surface area contributed by atoms with Gasteiger partial charge in [-0.15, -0.1) is 0 Å². The second kappa shape index (κ2) is 4.79. The Morgan fingerprint density at radius 2 is 2.64 bits per heavy atom. The molecule has 2 rings (SSSR count). The molecule has 14 heavy (non-hydrogen) atoms. The minimum absolute atomic E-state index is 0.683. The summed E-state index contributed by atoms with van der Waals surface area (Å²) in [5.74, 6) is 2.26. The highest BCUT2D eigenvalue weighted by molar-refractivity contribution is 8.00. The van der Waals surface area contributed by atoms with E-state index >= 15 is 0 Å². The summed E-state index contributed by atoms with van der Waals surface area (Å²) in [5.41, 5.74) is 0. The molecule has 0 aromatic carbocycles. The van der Waals surface area contributed by atoms with Gasteiger partial charge in [0.1, 0.15) is 12.2 Å². The maximum atomic E-state index is 4.09. The highest BCUT2D eigenvalue weighted by atomic mass is 32.2. The van der Waals surface area contributed by atoms with Crippen LogP contribution in [0.5, 0.6) is 0 Å². The van der Waals surface area contributed by atoms with Crippen LogP contribution in [0.2, 0.25) is 0 Å². The molecule has 1 fully saturated rings. The highest BCUT2D eigenvalue weighted by Gasteiger charge is 2.22. The molecule has 0 amide bonds. The average molecular weight is 212 g/mol. The molecule has 0 aliphatic carbocycles. The maximum absolute atomic E-state index is 4.09. The summed E-state index contributed by atoms with van der Waals surface area (Å²) in [4.78, 5) is 4.09. The molecule has 1 aromatic heterocycles. The van der Waals surface area contributed by atoms with Crippen molar-refractivity contribution in [3.63, 3.8) is 0 Å². The Balaban J connectivity index is 1.68. The summed E-state index contributed by atoms with van der Waals surface area (Å²) in [6.45, 7) is 3.29. The molecule has 0 bridgehead atoms. The van der Waals surface area contributed by atoms with E-state index in [1.807, 2.05) is 0 Å². The minimum Gasteiger partial charge on any atom is -0.312 e. The number of hydrogen-bond donors (Lipinski definition) is 2. The van der Waals surface area contributed by atoms with Crippen LogP contribution in [0.3, 0.4) is 0 Å². The summed E-state index contributed by atoms with van der Waals surface area (Å²) in [6, 6.07) is 0.683. The molecule has 2 heterocycles. The van der Waals surface area contributed by atoms with Gasteiger partial charge >= 0.3 is 0 Å². The number of hydrogen-bond acceptors (Lipinski definition) is 4. The molecule has 0 radical (unpaired) electrons. The minimum atomic E-state index is 0.683. The van der Waals surface area contributed by atoms with E-state index in [0.717, 1.165) is 24.0 Å². The molecule has 2 unspecified atom stereocenters. The zero-order chi connectivity index (χ0) is 9.80. The van der Waals surface area contributed by atoms with Gasteiger partial charge in [-0.2, -0.15) is 16.9 Å². The van der Waals surface area contributed by atoms with E-state index in [1.165, 1.54) is 12.2 Å². The van der Waals surface area contributed by atoms with Gasteiger partial charge < -0.3 is 5.32 Å². The molecule has 1 aliphatic heterocycles. The van der Waals surface area contributed by atoms with E-state index in [0.29, 0.717) is 6.04 Å². The van der Waals surface area contributed by atoms with Crippen LogP contribution in [0.25, 0.3) is 0 Å². The first-order valence-electron chi connectivity index (χ1n) is 5.05. The van der Waals surface area contributed by atoms with Crippen LogP contribution in [0.4, 0.5) is 0 Å². The number of rotatable bonds is 4. The van der Waals surface area contributed by atoms with Crippen molar-refractivity contribution in [3.05, 3.63) is 12.2 Å². The first-order valence-corrected chi connectivity index (χ1v) is 6.10. The van der Waals surface area contributed by atoms with Crippen molar-refractivity contribution in [2.24, 2.45) is 0 Å². The summed E-state index contributed by atoms with van der Waals surface area (Å²) in [5, 5.41) is 11.0. The molecular formula is C9H16N4S. The largest absolute Gasteiger partial charge is 0.312 e. The maximum Gasteiger partial charge on any atom is 0.137 e. The van der Waals surface area contributed by atoms with Crippen LogP contribution in [-0.2, 0) is 6.42 Å². The van der Waals surface area contributed by atoms with E-state index < -0.39 is 0 Å². The zero-order valence-corrected chi connectivity index (χ0v) is 9.18. The Kier molecular flexibility index (Phi) is 3.42. The van der Waals surface area contributed by atoms with Crippen LogP contribution >= 0.6 is 11.8 Å². The fraction of sp³-hybridized carbons (Fsp3) is 0.778. The lowest BCUT2D eigenvalue weighted by Gasteiger charge is -2.15. The Hall–Kier alpha value is -0.550. The standard InChI is InChI=1S/C9H16N4S/c1-7-8(3-5-14-7)10-4-2-9-11-6-12-13-9/h6-8,10H,2-5H2,1H3,(H,11,12,13). The van der Waals surface area contributed by atoms with Gasteiger partial charge in [-0.3, -0.25) is 5.10 Å². The number of thioether (sulfide) groups is 1. The van der Waals surface area contributed by atoms with Crippen LogP contribution < -0.4 is 5.32 Å². The molecule has 78 valence electrons. The first-order chi connectivity index (χ1) is 6.86. The molecule has 2 atom stereocenters. The van der Waals surface area contributed by atoms with Crippen molar-refractivity contribution in [2.75, 3.05) is 12.3 Å². The van der Waals surface area contributed by atoms with Gasteiger partial charge in [0.2, 0.25) is 0 Å². The smallest absolute Gasteiger partial charge is 0.137 e.